The van der Waals surface area contributed by atoms with Crippen LogP contribution in [0.15, 0.2) is 30.3 Å². The van der Waals surface area contributed by atoms with Gasteiger partial charge in [-0.25, -0.2) is 4.98 Å². The predicted octanol–water partition coefficient (Wildman–Crippen LogP) is 5.55. The summed E-state index contributed by atoms with van der Waals surface area (Å²) in [7, 11) is 0. The van der Waals surface area contributed by atoms with Gasteiger partial charge < -0.3 is 9.80 Å². The molecule has 25 heavy (non-hydrogen) atoms. The number of anilines is 2. The maximum Gasteiger partial charge on any atom is 0.186 e. The fourth-order valence-electron chi connectivity index (χ4n) is 3.19. The van der Waals surface area contributed by atoms with Crippen LogP contribution in [0.25, 0.3) is 10.2 Å². The first kappa shape index (κ1) is 17.0. The number of fused-ring (bicyclic) bond motifs is 1. The van der Waals surface area contributed by atoms with E-state index in [2.05, 4.69) is 35.8 Å². The molecule has 2 aromatic carbocycles. The fraction of sp³-hybridized carbons (Fsp3) is 0.316. The average molecular weight is 392 g/mol. The molecule has 1 aliphatic rings. The van der Waals surface area contributed by atoms with Crippen molar-refractivity contribution in [1.29, 1.82) is 0 Å². The maximum absolute atomic E-state index is 6.15. The highest BCUT2D eigenvalue weighted by molar-refractivity contribution is 7.22. The van der Waals surface area contributed by atoms with Gasteiger partial charge in [-0.05, 0) is 49.2 Å². The van der Waals surface area contributed by atoms with Gasteiger partial charge in [-0.2, -0.15) is 0 Å². The highest BCUT2D eigenvalue weighted by atomic mass is 35.5. The Balaban J connectivity index is 1.52. The third-order valence-electron chi connectivity index (χ3n) is 4.89. The van der Waals surface area contributed by atoms with Crippen molar-refractivity contribution in [2.75, 3.05) is 36.0 Å². The summed E-state index contributed by atoms with van der Waals surface area (Å²) in [6, 6.07) is 10.2. The molecule has 1 fully saturated rings. The standard InChI is InChI=1S/C19H19Cl2N3S/c1-12-3-6-17-18(13(12)2)22-19(25-17)24-9-7-23(8-10-24)14-4-5-15(20)16(21)11-14/h3-6,11H,7-10H2,1-2H3. The quantitative estimate of drug-likeness (QED) is 0.570. The molecule has 0 aliphatic carbocycles. The molecule has 1 aliphatic heterocycles. The monoisotopic (exact) mass is 391 g/mol. The molecule has 130 valence electrons. The van der Waals surface area contributed by atoms with Gasteiger partial charge in [-0.1, -0.05) is 40.6 Å². The zero-order valence-electron chi connectivity index (χ0n) is 14.2. The Labute approximate surface area is 161 Å². The lowest BCUT2D eigenvalue weighted by Crippen LogP contribution is -2.46. The van der Waals surface area contributed by atoms with Crippen LogP contribution in [0, 0.1) is 13.8 Å². The summed E-state index contributed by atoms with van der Waals surface area (Å²) in [6.45, 7) is 8.11. The van der Waals surface area contributed by atoms with Crippen LogP contribution >= 0.6 is 34.5 Å². The summed E-state index contributed by atoms with van der Waals surface area (Å²) in [5.74, 6) is 0. The maximum atomic E-state index is 6.15. The van der Waals surface area contributed by atoms with Gasteiger partial charge in [0.2, 0.25) is 0 Å². The van der Waals surface area contributed by atoms with E-state index in [-0.39, 0.29) is 0 Å². The van der Waals surface area contributed by atoms with E-state index < -0.39 is 0 Å². The lowest BCUT2D eigenvalue weighted by Gasteiger charge is -2.36. The molecule has 2 heterocycles. The Morgan fingerprint density at radius 3 is 2.36 bits per heavy atom. The summed E-state index contributed by atoms with van der Waals surface area (Å²) < 4.78 is 1.27. The third-order valence-corrected chi connectivity index (χ3v) is 6.71. The topological polar surface area (TPSA) is 19.4 Å². The number of piperazine rings is 1. The molecule has 0 spiro atoms. The van der Waals surface area contributed by atoms with Crippen LogP contribution in [0.3, 0.4) is 0 Å². The van der Waals surface area contributed by atoms with Crippen molar-refractivity contribution < 1.29 is 0 Å². The lowest BCUT2D eigenvalue weighted by atomic mass is 10.1. The average Bonchev–Trinajstić information content (AvgIpc) is 3.06. The molecule has 0 saturated carbocycles. The van der Waals surface area contributed by atoms with E-state index in [1.807, 2.05) is 18.2 Å². The van der Waals surface area contributed by atoms with Crippen LogP contribution < -0.4 is 9.80 Å². The second kappa shape index (κ2) is 6.67. The van der Waals surface area contributed by atoms with Gasteiger partial charge in [-0.15, -0.1) is 0 Å². The molecule has 0 atom stereocenters. The molecular weight excluding hydrogens is 373 g/mol. The minimum atomic E-state index is 0.601. The highest BCUT2D eigenvalue weighted by Crippen LogP contribution is 2.33. The van der Waals surface area contributed by atoms with Crippen LogP contribution in [-0.2, 0) is 0 Å². The van der Waals surface area contributed by atoms with Gasteiger partial charge in [0.25, 0.3) is 0 Å². The number of thiazole rings is 1. The Bertz CT molecular complexity index is 930. The van der Waals surface area contributed by atoms with Gasteiger partial charge in [0.15, 0.2) is 5.13 Å². The number of aryl methyl sites for hydroxylation is 2. The Morgan fingerprint density at radius 1 is 0.920 bits per heavy atom. The van der Waals surface area contributed by atoms with Crippen LogP contribution in [-0.4, -0.2) is 31.2 Å². The number of benzene rings is 2. The fourth-order valence-corrected chi connectivity index (χ4v) is 4.56. The summed E-state index contributed by atoms with van der Waals surface area (Å²) in [6.07, 6.45) is 0. The number of hydrogen-bond acceptors (Lipinski definition) is 4. The normalized spacial score (nSPS) is 15.2. The van der Waals surface area contributed by atoms with E-state index in [1.165, 1.54) is 15.8 Å². The smallest absolute Gasteiger partial charge is 0.186 e. The number of nitrogens with zero attached hydrogens (tertiary/aromatic N) is 3. The predicted molar refractivity (Wildman–Crippen MR) is 110 cm³/mol. The summed E-state index contributed by atoms with van der Waals surface area (Å²) >= 11 is 14.0. The number of hydrogen-bond donors (Lipinski definition) is 0. The summed E-state index contributed by atoms with van der Waals surface area (Å²) in [4.78, 5) is 9.64. The highest BCUT2D eigenvalue weighted by Gasteiger charge is 2.21. The van der Waals surface area contributed by atoms with Gasteiger partial charge in [0, 0.05) is 31.9 Å². The number of aromatic nitrogens is 1. The Morgan fingerprint density at radius 2 is 1.64 bits per heavy atom. The van der Waals surface area contributed by atoms with Crippen molar-refractivity contribution in [3.63, 3.8) is 0 Å². The summed E-state index contributed by atoms with van der Waals surface area (Å²) in [5, 5.41) is 2.33. The lowest BCUT2D eigenvalue weighted by molar-refractivity contribution is 0.652. The van der Waals surface area contributed by atoms with Crippen LogP contribution in [0.4, 0.5) is 10.8 Å². The van der Waals surface area contributed by atoms with Crippen molar-refractivity contribution >= 4 is 55.6 Å². The van der Waals surface area contributed by atoms with Gasteiger partial charge in [0.05, 0.1) is 20.3 Å². The van der Waals surface area contributed by atoms with Gasteiger partial charge >= 0.3 is 0 Å². The number of rotatable bonds is 2. The zero-order valence-corrected chi connectivity index (χ0v) is 16.5. The second-order valence-corrected chi connectivity index (χ2v) is 8.25. The molecular formula is C19H19Cl2N3S. The molecule has 0 unspecified atom stereocenters. The van der Waals surface area contributed by atoms with Gasteiger partial charge in [-0.3, -0.25) is 0 Å². The molecule has 0 amide bonds. The van der Waals surface area contributed by atoms with Crippen molar-refractivity contribution in [2.45, 2.75) is 13.8 Å². The molecule has 1 saturated heterocycles. The van der Waals surface area contributed by atoms with Crippen LogP contribution in [0.2, 0.25) is 10.0 Å². The molecule has 1 aromatic heterocycles. The van der Waals surface area contributed by atoms with E-state index in [9.17, 15) is 0 Å². The number of halogens is 2. The Hall–Kier alpha value is -1.49. The van der Waals surface area contributed by atoms with E-state index in [4.69, 9.17) is 28.2 Å². The van der Waals surface area contributed by atoms with Crippen molar-refractivity contribution in [2.24, 2.45) is 0 Å². The molecule has 0 radical (unpaired) electrons. The van der Waals surface area contributed by atoms with Crippen molar-refractivity contribution in [1.82, 2.24) is 4.98 Å². The molecule has 6 heteroatoms. The minimum absolute atomic E-state index is 0.601. The molecule has 4 rings (SSSR count). The minimum Gasteiger partial charge on any atom is -0.368 e. The van der Waals surface area contributed by atoms with Crippen LogP contribution in [0.1, 0.15) is 11.1 Å². The van der Waals surface area contributed by atoms with E-state index in [0.29, 0.717) is 10.0 Å². The first-order chi connectivity index (χ1) is 12.0. The van der Waals surface area contributed by atoms with E-state index >= 15 is 0 Å². The molecule has 0 N–H and O–H groups in total. The molecule has 3 aromatic rings. The first-order valence-corrected chi connectivity index (χ1v) is 9.92. The molecule has 3 nitrogen and oxygen atoms in total. The Kier molecular flexibility index (Phi) is 4.52. The van der Waals surface area contributed by atoms with Gasteiger partial charge in [0.1, 0.15) is 0 Å². The first-order valence-electron chi connectivity index (χ1n) is 8.34. The zero-order chi connectivity index (χ0) is 17.6. The summed E-state index contributed by atoms with van der Waals surface area (Å²) in [5.41, 5.74) is 4.86. The van der Waals surface area contributed by atoms with E-state index in [0.717, 1.165) is 42.5 Å². The third kappa shape index (κ3) is 3.19. The van der Waals surface area contributed by atoms with Crippen molar-refractivity contribution in [3.8, 4) is 0 Å². The second-order valence-electron chi connectivity index (χ2n) is 6.42. The van der Waals surface area contributed by atoms with Crippen LogP contribution in [0.5, 0.6) is 0 Å². The largest absolute Gasteiger partial charge is 0.368 e. The van der Waals surface area contributed by atoms with Crippen molar-refractivity contribution in [3.05, 3.63) is 51.5 Å². The molecule has 0 bridgehead atoms. The van der Waals surface area contributed by atoms with E-state index in [1.54, 1.807) is 11.3 Å². The SMILES string of the molecule is Cc1ccc2sc(N3CCN(c4ccc(Cl)c(Cl)c4)CC3)nc2c1C.